The molecule has 176 valence electrons. The number of carbonyl (C=O) groups excluding carboxylic acids is 2. The van der Waals surface area contributed by atoms with E-state index < -0.39 is 6.04 Å². The Morgan fingerprint density at radius 1 is 1.27 bits per heavy atom. The van der Waals surface area contributed by atoms with Gasteiger partial charge >= 0.3 is 6.03 Å². The third-order valence-corrected chi connectivity index (χ3v) is 6.01. The van der Waals surface area contributed by atoms with Gasteiger partial charge in [-0.3, -0.25) is 9.69 Å². The van der Waals surface area contributed by atoms with Crippen LogP contribution in [0, 0.1) is 5.82 Å². The van der Waals surface area contributed by atoms with E-state index in [1.165, 1.54) is 12.1 Å². The molecule has 1 unspecified atom stereocenters. The number of carbonyl (C=O) groups is 2. The van der Waals surface area contributed by atoms with Crippen LogP contribution in [0.15, 0.2) is 47.9 Å². The lowest BCUT2D eigenvalue weighted by Crippen LogP contribution is -2.45. The van der Waals surface area contributed by atoms with Crippen LogP contribution in [0.1, 0.15) is 31.9 Å². The van der Waals surface area contributed by atoms with E-state index in [1.807, 2.05) is 56.1 Å². The molecule has 3 heterocycles. The number of hydrogen-bond donors (Lipinski definition) is 3. The molecule has 0 bridgehead atoms. The van der Waals surface area contributed by atoms with Crippen molar-refractivity contribution in [2.45, 2.75) is 39.4 Å². The van der Waals surface area contributed by atoms with E-state index in [2.05, 4.69) is 16.1 Å². The van der Waals surface area contributed by atoms with Crippen molar-refractivity contribution in [3.8, 4) is 0 Å². The second-order valence-corrected chi connectivity index (χ2v) is 8.93. The van der Waals surface area contributed by atoms with Crippen LogP contribution in [0.5, 0.6) is 0 Å². The Bertz CT molecular complexity index is 1050. The van der Waals surface area contributed by atoms with E-state index in [4.69, 9.17) is 0 Å². The molecule has 1 aromatic rings. The second-order valence-electron chi connectivity index (χ2n) is 8.93. The molecule has 0 spiro atoms. The van der Waals surface area contributed by atoms with Crippen LogP contribution in [-0.4, -0.2) is 65.5 Å². The van der Waals surface area contributed by atoms with Crippen LogP contribution < -0.4 is 16.1 Å². The number of amides is 3. The molecular weight excluding hydrogens is 423 g/mol. The molecule has 33 heavy (non-hydrogen) atoms. The molecule has 3 amide bonds. The Labute approximate surface area is 193 Å². The summed E-state index contributed by atoms with van der Waals surface area (Å²) in [4.78, 5) is 29.2. The smallest absolute Gasteiger partial charge is 0.324 e. The summed E-state index contributed by atoms with van der Waals surface area (Å²) in [6.45, 7) is 7.93. The molecule has 0 saturated carbocycles. The lowest BCUT2D eigenvalue weighted by atomic mass is 10.0. The number of urea groups is 1. The van der Waals surface area contributed by atoms with E-state index >= 15 is 0 Å². The highest BCUT2D eigenvalue weighted by atomic mass is 19.1. The maximum absolute atomic E-state index is 14.2. The van der Waals surface area contributed by atoms with Crippen molar-refractivity contribution in [2.75, 3.05) is 26.7 Å². The molecule has 0 radical (unpaired) electrons. The topological polar surface area (TPSA) is 80.0 Å². The van der Waals surface area contributed by atoms with E-state index in [9.17, 15) is 14.0 Å². The molecule has 3 aliphatic rings. The first kappa shape index (κ1) is 22.8. The van der Waals surface area contributed by atoms with Crippen molar-refractivity contribution in [3.05, 3.63) is 64.9 Å². The zero-order chi connectivity index (χ0) is 23.7. The summed E-state index contributed by atoms with van der Waals surface area (Å²) in [7, 11) is 1.89. The van der Waals surface area contributed by atoms with Crippen molar-refractivity contribution in [3.63, 3.8) is 0 Å². The van der Waals surface area contributed by atoms with Crippen molar-refractivity contribution < 1.29 is 14.0 Å². The molecule has 1 fully saturated rings. The fourth-order valence-electron chi connectivity index (χ4n) is 4.30. The van der Waals surface area contributed by atoms with Crippen molar-refractivity contribution in [1.82, 2.24) is 30.9 Å². The van der Waals surface area contributed by atoms with E-state index in [1.54, 1.807) is 11.0 Å². The molecule has 0 aliphatic carbocycles. The minimum Gasteiger partial charge on any atom is -0.374 e. The van der Waals surface area contributed by atoms with Crippen LogP contribution in [0.3, 0.4) is 0 Å². The fraction of sp³-hybridized carbons (Fsp3) is 0.417. The van der Waals surface area contributed by atoms with Crippen molar-refractivity contribution in [1.29, 1.82) is 0 Å². The normalized spacial score (nSPS) is 20.7. The molecule has 8 nitrogen and oxygen atoms in total. The Balaban J connectivity index is 1.44. The number of halogens is 1. The Morgan fingerprint density at radius 3 is 2.73 bits per heavy atom. The molecule has 1 aromatic carbocycles. The third kappa shape index (κ3) is 5.03. The number of nitrogens with one attached hydrogen (secondary N) is 3. The highest BCUT2D eigenvalue weighted by Gasteiger charge is 2.33. The number of nitrogens with zero attached hydrogens (tertiary/aromatic N) is 3. The number of benzene rings is 1. The molecule has 3 N–H and O–H groups in total. The zero-order valence-corrected chi connectivity index (χ0v) is 19.5. The largest absolute Gasteiger partial charge is 0.374 e. The average Bonchev–Trinajstić information content (AvgIpc) is 3.37. The van der Waals surface area contributed by atoms with Crippen LogP contribution in [0.4, 0.5) is 9.18 Å². The second kappa shape index (κ2) is 9.27. The van der Waals surface area contributed by atoms with Crippen LogP contribution in [0.25, 0.3) is 5.57 Å². The van der Waals surface area contributed by atoms with Gasteiger partial charge in [0, 0.05) is 56.9 Å². The summed E-state index contributed by atoms with van der Waals surface area (Å²) in [6.07, 6.45) is 5.57. The summed E-state index contributed by atoms with van der Waals surface area (Å²) < 4.78 is 14.2. The van der Waals surface area contributed by atoms with Gasteiger partial charge in [0.1, 0.15) is 11.9 Å². The maximum Gasteiger partial charge on any atom is 0.324 e. The standard InChI is InChI=1S/C24H31FN6O2/c1-15(2)30-5-6-31(24(30)33)21-7-16(3)28-22(11-21)23(32)26-12-17-8-18(10-20(25)9-17)19-13-27-29(4)14-19/h7-11,14-15,22,27-28H,5-6,12-13H2,1-4H3,(H,26,32). The predicted octanol–water partition coefficient (Wildman–Crippen LogP) is 2.14. The Hall–Kier alpha value is -3.33. The van der Waals surface area contributed by atoms with E-state index in [0.717, 1.165) is 22.5 Å². The highest BCUT2D eigenvalue weighted by molar-refractivity contribution is 5.85. The van der Waals surface area contributed by atoms with Gasteiger partial charge in [-0.25, -0.2) is 14.6 Å². The minimum absolute atomic E-state index is 0.0463. The molecule has 0 aromatic heterocycles. The quantitative estimate of drug-likeness (QED) is 0.614. The first-order valence-electron chi connectivity index (χ1n) is 11.2. The first-order chi connectivity index (χ1) is 15.7. The number of hydrogen-bond acceptors (Lipinski definition) is 5. The molecule has 3 aliphatic heterocycles. The van der Waals surface area contributed by atoms with Gasteiger partial charge in [0.15, 0.2) is 0 Å². The molecule has 4 rings (SSSR count). The fourth-order valence-corrected chi connectivity index (χ4v) is 4.30. The van der Waals surface area contributed by atoms with E-state index in [0.29, 0.717) is 25.2 Å². The van der Waals surface area contributed by atoms with Crippen molar-refractivity contribution >= 4 is 17.5 Å². The van der Waals surface area contributed by atoms with Gasteiger partial charge < -0.3 is 20.5 Å². The average molecular weight is 455 g/mol. The van der Waals surface area contributed by atoms with Gasteiger partial charge in [-0.1, -0.05) is 0 Å². The molecule has 1 saturated heterocycles. The van der Waals surface area contributed by atoms with Gasteiger partial charge in [0.2, 0.25) is 5.91 Å². The van der Waals surface area contributed by atoms with Gasteiger partial charge in [-0.05, 0) is 67.8 Å². The highest BCUT2D eigenvalue weighted by Crippen LogP contribution is 2.23. The maximum atomic E-state index is 14.2. The lowest BCUT2D eigenvalue weighted by molar-refractivity contribution is -0.122. The van der Waals surface area contributed by atoms with Crippen LogP contribution in [-0.2, 0) is 11.3 Å². The summed E-state index contributed by atoms with van der Waals surface area (Å²) in [6, 6.07) is 4.28. The lowest BCUT2D eigenvalue weighted by Gasteiger charge is -2.27. The van der Waals surface area contributed by atoms with Crippen LogP contribution in [0.2, 0.25) is 0 Å². The summed E-state index contributed by atoms with van der Waals surface area (Å²) in [5.74, 6) is -0.578. The van der Waals surface area contributed by atoms with Gasteiger partial charge in [0.25, 0.3) is 0 Å². The molecular formula is C24H31FN6O2. The Morgan fingerprint density at radius 2 is 2.06 bits per heavy atom. The first-order valence-corrected chi connectivity index (χ1v) is 11.2. The zero-order valence-electron chi connectivity index (χ0n) is 19.5. The van der Waals surface area contributed by atoms with Gasteiger partial charge in [0.05, 0.1) is 0 Å². The number of rotatable bonds is 6. The third-order valence-electron chi connectivity index (χ3n) is 6.01. The van der Waals surface area contributed by atoms with Gasteiger partial charge in [-0.15, -0.1) is 0 Å². The number of dihydropyridines is 1. The minimum atomic E-state index is -0.616. The Kier molecular flexibility index (Phi) is 6.42. The molecule has 9 heteroatoms. The summed E-state index contributed by atoms with van der Waals surface area (Å²) >= 11 is 0. The SMILES string of the molecule is CC1=CC(N2CCN(C(C)C)C2=O)=CC(C(=O)NCc2cc(F)cc(C3=CN(C)NC3)c2)N1. The monoisotopic (exact) mass is 454 g/mol. The van der Waals surface area contributed by atoms with Crippen LogP contribution >= 0.6 is 0 Å². The summed E-state index contributed by atoms with van der Waals surface area (Å²) in [5, 5.41) is 7.88. The number of allylic oxidation sites excluding steroid dienone is 2. The number of hydrazine groups is 1. The van der Waals surface area contributed by atoms with Gasteiger partial charge in [-0.2, -0.15) is 0 Å². The molecule has 1 atom stereocenters. The predicted molar refractivity (Wildman–Crippen MR) is 125 cm³/mol. The summed E-state index contributed by atoms with van der Waals surface area (Å²) in [5.41, 5.74) is 7.12. The van der Waals surface area contributed by atoms with Crippen molar-refractivity contribution in [2.24, 2.45) is 0 Å². The van der Waals surface area contributed by atoms with E-state index in [-0.39, 0.29) is 30.3 Å².